The van der Waals surface area contributed by atoms with E-state index < -0.39 is 11.9 Å². The number of nitrogens with zero attached hydrogens (tertiary/aromatic N) is 2. The SMILES string of the molecule is O=C(N[C@H](C(=O)N1CCOCC1)c1ccccc1)c1cc(-c2ccco2)on1. The molecule has 28 heavy (non-hydrogen) atoms. The molecule has 0 bridgehead atoms. The molecule has 3 aromatic rings. The van der Waals surface area contributed by atoms with Gasteiger partial charge in [0.25, 0.3) is 5.91 Å². The maximum absolute atomic E-state index is 13.1. The number of amides is 2. The lowest BCUT2D eigenvalue weighted by Crippen LogP contribution is -2.47. The Balaban J connectivity index is 1.55. The third-order valence-corrected chi connectivity index (χ3v) is 4.48. The Morgan fingerprint density at radius 2 is 1.82 bits per heavy atom. The first-order chi connectivity index (χ1) is 13.7. The number of morpholine rings is 1. The largest absolute Gasteiger partial charge is 0.461 e. The van der Waals surface area contributed by atoms with E-state index in [9.17, 15) is 9.59 Å². The number of furan rings is 1. The van der Waals surface area contributed by atoms with Gasteiger partial charge >= 0.3 is 0 Å². The van der Waals surface area contributed by atoms with Crippen LogP contribution in [0.15, 0.2) is 63.7 Å². The first-order valence-corrected chi connectivity index (χ1v) is 8.95. The molecule has 4 rings (SSSR count). The second-order valence-electron chi connectivity index (χ2n) is 6.31. The van der Waals surface area contributed by atoms with Gasteiger partial charge in [-0.1, -0.05) is 35.5 Å². The van der Waals surface area contributed by atoms with Gasteiger partial charge in [0.2, 0.25) is 11.7 Å². The highest BCUT2D eigenvalue weighted by Crippen LogP contribution is 2.22. The molecule has 1 atom stereocenters. The summed E-state index contributed by atoms with van der Waals surface area (Å²) in [4.78, 5) is 27.5. The highest BCUT2D eigenvalue weighted by Gasteiger charge is 2.29. The first kappa shape index (κ1) is 18.0. The standard InChI is InChI=1S/C20H19N3O5/c24-19(15-13-17(28-22-15)16-7-4-10-27-16)21-18(14-5-2-1-3-6-14)20(25)23-8-11-26-12-9-23/h1-7,10,13,18H,8-9,11-12H2,(H,21,24)/t18-/m0/s1. The normalized spacial score (nSPS) is 15.2. The predicted molar refractivity (Wildman–Crippen MR) is 98.3 cm³/mol. The van der Waals surface area contributed by atoms with Gasteiger partial charge in [0.15, 0.2) is 11.5 Å². The fourth-order valence-electron chi connectivity index (χ4n) is 3.02. The molecule has 1 saturated heterocycles. The summed E-state index contributed by atoms with van der Waals surface area (Å²) in [6.45, 7) is 1.95. The number of carbonyl (C=O) groups is 2. The minimum Gasteiger partial charge on any atom is -0.461 e. The van der Waals surface area contributed by atoms with Crippen LogP contribution in [-0.2, 0) is 9.53 Å². The van der Waals surface area contributed by atoms with Gasteiger partial charge in [0.1, 0.15) is 6.04 Å². The highest BCUT2D eigenvalue weighted by molar-refractivity contribution is 5.97. The molecule has 0 spiro atoms. The number of nitrogens with one attached hydrogen (secondary N) is 1. The third-order valence-electron chi connectivity index (χ3n) is 4.48. The molecule has 8 nitrogen and oxygen atoms in total. The maximum atomic E-state index is 13.1. The maximum Gasteiger partial charge on any atom is 0.274 e. The van der Waals surface area contributed by atoms with Gasteiger partial charge in [-0.15, -0.1) is 0 Å². The van der Waals surface area contributed by atoms with Crippen molar-refractivity contribution in [2.75, 3.05) is 26.3 Å². The number of hydrogen-bond acceptors (Lipinski definition) is 6. The predicted octanol–water partition coefficient (Wildman–Crippen LogP) is 2.26. The van der Waals surface area contributed by atoms with Gasteiger partial charge in [-0.25, -0.2) is 0 Å². The van der Waals surface area contributed by atoms with Crippen LogP contribution in [0.4, 0.5) is 0 Å². The lowest BCUT2D eigenvalue weighted by Gasteiger charge is -2.30. The molecule has 2 aromatic heterocycles. The molecule has 2 amide bonds. The molecule has 0 saturated carbocycles. The number of rotatable bonds is 5. The zero-order valence-corrected chi connectivity index (χ0v) is 15.0. The summed E-state index contributed by atoms with van der Waals surface area (Å²) < 4.78 is 15.7. The molecule has 1 aromatic carbocycles. The summed E-state index contributed by atoms with van der Waals surface area (Å²) in [5.74, 6) is 0.121. The van der Waals surface area contributed by atoms with E-state index in [0.717, 1.165) is 0 Å². The van der Waals surface area contributed by atoms with Crippen LogP contribution in [0.5, 0.6) is 0 Å². The summed E-state index contributed by atoms with van der Waals surface area (Å²) in [6, 6.07) is 13.2. The first-order valence-electron chi connectivity index (χ1n) is 8.95. The molecular formula is C20H19N3O5. The highest BCUT2D eigenvalue weighted by atomic mass is 16.5. The molecule has 144 valence electrons. The molecule has 8 heteroatoms. The molecule has 3 heterocycles. The fourth-order valence-corrected chi connectivity index (χ4v) is 3.02. The second-order valence-corrected chi connectivity index (χ2v) is 6.31. The van der Waals surface area contributed by atoms with Gasteiger partial charge in [0.05, 0.1) is 19.5 Å². The van der Waals surface area contributed by atoms with Gasteiger partial charge in [-0.3, -0.25) is 9.59 Å². The van der Waals surface area contributed by atoms with E-state index in [1.54, 1.807) is 29.2 Å². The van der Waals surface area contributed by atoms with Crippen LogP contribution in [0, 0.1) is 0 Å². The van der Waals surface area contributed by atoms with Gasteiger partial charge < -0.3 is 23.9 Å². The van der Waals surface area contributed by atoms with E-state index in [2.05, 4.69) is 10.5 Å². The number of carbonyl (C=O) groups excluding carboxylic acids is 2. The van der Waals surface area contributed by atoms with Crippen LogP contribution >= 0.6 is 0 Å². The number of ether oxygens (including phenoxy) is 1. The molecule has 0 aliphatic carbocycles. The van der Waals surface area contributed by atoms with E-state index in [-0.39, 0.29) is 11.6 Å². The zero-order chi connectivity index (χ0) is 19.3. The Morgan fingerprint density at radius 3 is 2.54 bits per heavy atom. The number of benzene rings is 1. The smallest absolute Gasteiger partial charge is 0.274 e. The molecule has 1 aliphatic heterocycles. The van der Waals surface area contributed by atoms with Gasteiger partial charge in [-0.05, 0) is 17.7 Å². The van der Waals surface area contributed by atoms with Crippen molar-refractivity contribution < 1.29 is 23.3 Å². The van der Waals surface area contributed by atoms with E-state index in [1.165, 1.54) is 12.3 Å². The average molecular weight is 381 g/mol. The van der Waals surface area contributed by atoms with E-state index in [4.69, 9.17) is 13.7 Å². The van der Waals surface area contributed by atoms with E-state index >= 15 is 0 Å². The average Bonchev–Trinajstić information content (AvgIpc) is 3.44. The molecule has 1 fully saturated rings. The van der Waals surface area contributed by atoms with Crippen molar-refractivity contribution in [2.24, 2.45) is 0 Å². The summed E-state index contributed by atoms with van der Waals surface area (Å²) in [6.07, 6.45) is 1.50. The zero-order valence-electron chi connectivity index (χ0n) is 15.0. The van der Waals surface area contributed by atoms with E-state index in [0.29, 0.717) is 43.4 Å². The van der Waals surface area contributed by atoms with Crippen LogP contribution < -0.4 is 5.32 Å². The molecule has 1 aliphatic rings. The van der Waals surface area contributed by atoms with E-state index in [1.807, 2.05) is 18.2 Å². The van der Waals surface area contributed by atoms with Crippen LogP contribution in [0.25, 0.3) is 11.5 Å². The lowest BCUT2D eigenvalue weighted by atomic mass is 10.0. The summed E-state index contributed by atoms with van der Waals surface area (Å²) in [7, 11) is 0. The van der Waals surface area contributed by atoms with Crippen molar-refractivity contribution in [3.05, 3.63) is 66.1 Å². The Hall–Kier alpha value is -3.39. The molecule has 1 N–H and O–H groups in total. The Kier molecular flexibility index (Phi) is 5.20. The van der Waals surface area contributed by atoms with Crippen LogP contribution in [0.3, 0.4) is 0 Å². The summed E-state index contributed by atoms with van der Waals surface area (Å²) in [5.41, 5.74) is 0.768. The van der Waals surface area contributed by atoms with Crippen molar-refractivity contribution in [3.63, 3.8) is 0 Å². The van der Waals surface area contributed by atoms with Gasteiger partial charge in [-0.2, -0.15) is 0 Å². The third kappa shape index (κ3) is 3.81. The van der Waals surface area contributed by atoms with Crippen LogP contribution in [-0.4, -0.2) is 48.2 Å². The minimum atomic E-state index is -0.824. The molecular weight excluding hydrogens is 362 g/mol. The monoisotopic (exact) mass is 381 g/mol. The second kappa shape index (κ2) is 8.10. The van der Waals surface area contributed by atoms with Crippen LogP contribution in [0.2, 0.25) is 0 Å². The summed E-state index contributed by atoms with van der Waals surface area (Å²) >= 11 is 0. The molecule has 0 radical (unpaired) electrons. The molecule has 0 unspecified atom stereocenters. The Bertz CT molecular complexity index is 930. The van der Waals surface area contributed by atoms with Crippen molar-refractivity contribution >= 4 is 11.8 Å². The Morgan fingerprint density at radius 1 is 1.04 bits per heavy atom. The van der Waals surface area contributed by atoms with Crippen molar-refractivity contribution in [3.8, 4) is 11.5 Å². The van der Waals surface area contributed by atoms with Crippen molar-refractivity contribution in [1.29, 1.82) is 0 Å². The Labute approximate surface area is 161 Å². The van der Waals surface area contributed by atoms with Crippen LogP contribution in [0.1, 0.15) is 22.1 Å². The lowest BCUT2D eigenvalue weighted by molar-refractivity contribution is -0.137. The summed E-state index contributed by atoms with van der Waals surface area (Å²) in [5, 5.41) is 6.58. The van der Waals surface area contributed by atoms with Crippen molar-refractivity contribution in [2.45, 2.75) is 6.04 Å². The minimum absolute atomic E-state index is 0.0714. The number of hydrogen-bond donors (Lipinski definition) is 1. The number of aromatic nitrogens is 1. The fraction of sp³-hybridized carbons (Fsp3) is 0.250. The van der Waals surface area contributed by atoms with Gasteiger partial charge in [0, 0.05) is 19.2 Å². The quantitative estimate of drug-likeness (QED) is 0.728. The topological polar surface area (TPSA) is 97.8 Å². The van der Waals surface area contributed by atoms with Crippen molar-refractivity contribution in [1.82, 2.24) is 15.4 Å².